The number of carboxylic acid groups (broad SMARTS) is 1. The van der Waals surface area contributed by atoms with Crippen molar-refractivity contribution in [3.63, 3.8) is 0 Å². The number of carboxylic acids is 1. The number of carbonyl (C=O) groups is 3. The van der Waals surface area contributed by atoms with Gasteiger partial charge in [-0.2, -0.15) is 0 Å². The number of benzene rings is 1. The Kier molecular flexibility index (Phi) is 4.21. The predicted molar refractivity (Wildman–Crippen MR) is 58.8 cm³/mol. The van der Waals surface area contributed by atoms with Gasteiger partial charge in [0.05, 0.1) is 5.69 Å². The number of hydrogen-bond acceptors (Lipinski definition) is 4. The molecule has 6 nitrogen and oxygen atoms in total. The first kappa shape index (κ1) is 12.7. The fourth-order valence-corrected chi connectivity index (χ4v) is 1.26. The number of para-hydroxylation sites is 2. The maximum Gasteiger partial charge on any atom is 0.323 e. The molecule has 1 amide bonds. The quantitative estimate of drug-likeness (QED) is 0.462. The number of amides is 1. The Bertz CT molecular complexity index is 443. The Morgan fingerprint density at radius 1 is 1.41 bits per heavy atom. The Morgan fingerprint density at radius 3 is 2.59 bits per heavy atom. The van der Waals surface area contributed by atoms with Crippen LogP contribution in [-0.4, -0.2) is 30.0 Å². The summed E-state index contributed by atoms with van der Waals surface area (Å²) in [6, 6.07) is 6.21. The summed E-state index contributed by atoms with van der Waals surface area (Å²) in [5, 5.41) is 8.64. The number of esters is 1. The van der Waals surface area contributed by atoms with E-state index in [-0.39, 0.29) is 11.4 Å². The topological polar surface area (TPSA) is 83.9 Å². The zero-order valence-electron chi connectivity index (χ0n) is 9.12. The van der Waals surface area contributed by atoms with Crippen molar-refractivity contribution in [2.24, 2.45) is 0 Å². The highest BCUT2D eigenvalue weighted by atomic mass is 16.5. The molecule has 0 fully saturated rings. The van der Waals surface area contributed by atoms with Crippen LogP contribution in [0.15, 0.2) is 24.3 Å². The summed E-state index contributed by atoms with van der Waals surface area (Å²) < 4.78 is 4.88. The third-order valence-corrected chi connectivity index (χ3v) is 1.86. The Morgan fingerprint density at radius 2 is 2.06 bits per heavy atom. The fourth-order valence-electron chi connectivity index (χ4n) is 1.26. The van der Waals surface area contributed by atoms with E-state index in [4.69, 9.17) is 9.84 Å². The summed E-state index contributed by atoms with van der Waals surface area (Å²) in [5.74, 6) is -1.55. The van der Waals surface area contributed by atoms with Crippen LogP contribution >= 0.6 is 0 Å². The monoisotopic (exact) mass is 237 g/mol. The van der Waals surface area contributed by atoms with Gasteiger partial charge in [0, 0.05) is 6.92 Å². The van der Waals surface area contributed by atoms with Crippen molar-refractivity contribution in [1.29, 1.82) is 0 Å². The maximum atomic E-state index is 10.9. The van der Waals surface area contributed by atoms with Gasteiger partial charge in [-0.3, -0.25) is 14.4 Å². The number of anilines is 1. The molecule has 1 rings (SSSR count). The van der Waals surface area contributed by atoms with Crippen LogP contribution in [0.25, 0.3) is 0 Å². The molecule has 0 aliphatic carbocycles. The van der Waals surface area contributed by atoms with Crippen molar-refractivity contribution in [3.05, 3.63) is 24.3 Å². The molecule has 0 aromatic heterocycles. The van der Waals surface area contributed by atoms with Crippen molar-refractivity contribution in [2.45, 2.75) is 6.92 Å². The van der Waals surface area contributed by atoms with Crippen LogP contribution < -0.4 is 9.64 Å². The standard InChI is InChI=1S/C11H11NO5/c1-8(14)17-10-5-3-2-4-9(10)12(7-13)6-11(15)16/h2-5,7H,6H2,1H3,(H,15,16). The predicted octanol–water partition coefficient (Wildman–Crippen LogP) is 0.659. The van der Waals surface area contributed by atoms with E-state index in [1.165, 1.54) is 19.1 Å². The summed E-state index contributed by atoms with van der Waals surface area (Å²) in [6.07, 6.45) is 0.371. The molecule has 1 N–H and O–H groups in total. The summed E-state index contributed by atoms with van der Waals surface area (Å²) in [7, 11) is 0. The smallest absolute Gasteiger partial charge is 0.323 e. The number of aliphatic carboxylic acids is 1. The van der Waals surface area contributed by atoms with Gasteiger partial charge in [-0.05, 0) is 12.1 Å². The SMILES string of the molecule is CC(=O)Oc1ccccc1N(C=O)CC(=O)O. The first-order chi connectivity index (χ1) is 8.04. The molecule has 6 heteroatoms. The first-order valence-electron chi connectivity index (χ1n) is 4.75. The largest absolute Gasteiger partial charge is 0.480 e. The van der Waals surface area contributed by atoms with Crippen LogP contribution in [0.4, 0.5) is 5.69 Å². The van der Waals surface area contributed by atoms with Crippen LogP contribution in [0.2, 0.25) is 0 Å². The molecular formula is C11H11NO5. The summed E-state index contributed by atoms with van der Waals surface area (Å²) in [6.45, 7) is 0.723. The molecule has 1 aromatic rings. The molecule has 0 spiro atoms. The molecule has 0 saturated heterocycles. The summed E-state index contributed by atoms with van der Waals surface area (Å²) in [4.78, 5) is 33.2. The van der Waals surface area contributed by atoms with Crippen LogP contribution in [0.5, 0.6) is 5.75 Å². The molecule has 0 bridgehead atoms. The summed E-state index contributed by atoms with van der Waals surface area (Å²) >= 11 is 0. The number of hydrogen-bond donors (Lipinski definition) is 1. The number of carbonyl (C=O) groups excluding carboxylic acids is 2. The Hall–Kier alpha value is -2.37. The minimum Gasteiger partial charge on any atom is -0.480 e. The van der Waals surface area contributed by atoms with Crippen molar-refractivity contribution < 1.29 is 24.2 Å². The molecule has 0 radical (unpaired) electrons. The summed E-state index contributed by atoms with van der Waals surface area (Å²) in [5.41, 5.74) is 0.236. The third-order valence-electron chi connectivity index (χ3n) is 1.86. The molecular weight excluding hydrogens is 226 g/mol. The second kappa shape index (κ2) is 5.64. The van der Waals surface area contributed by atoms with Crippen LogP contribution in [0.1, 0.15) is 6.92 Å². The van der Waals surface area contributed by atoms with Gasteiger partial charge in [-0.15, -0.1) is 0 Å². The normalized spacial score (nSPS) is 9.47. The van der Waals surface area contributed by atoms with Gasteiger partial charge in [-0.25, -0.2) is 0 Å². The zero-order valence-corrected chi connectivity index (χ0v) is 9.12. The van der Waals surface area contributed by atoms with E-state index in [1.54, 1.807) is 12.1 Å². The van der Waals surface area contributed by atoms with Gasteiger partial charge in [0.1, 0.15) is 6.54 Å². The third kappa shape index (κ3) is 3.60. The van der Waals surface area contributed by atoms with Crippen LogP contribution in [0, 0.1) is 0 Å². The van der Waals surface area contributed by atoms with Crippen molar-refractivity contribution in [1.82, 2.24) is 0 Å². The highest BCUT2D eigenvalue weighted by Crippen LogP contribution is 2.27. The number of rotatable bonds is 5. The van der Waals surface area contributed by atoms with E-state index in [0.29, 0.717) is 6.41 Å². The van der Waals surface area contributed by atoms with E-state index in [1.807, 2.05) is 0 Å². The van der Waals surface area contributed by atoms with Gasteiger partial charge in [-0.1, -0.05) is 12.1 Å². The lowest BCUT2D eigenvalue weighted by Crippen LogP contribution is -2.28. The molecule has 0 unspecified atom stereocenters. The minimum absolute atomic E-state index is 0.147. The molecule has 0 saturated carbocycles. The highest BCUT2D eigenvalue weighted by molar-refractivity contribution is 5.87. The number of ether oxygens (including phenoxy) is 1. The average molecular weight is 237 g/mol. The van der Waals surface area contributed by atoms with Crippen LogP contribution in [0.3, 0.4) is 0 Å². The molecule has 17 heavy (non-hydrogen) atoms. The van der Waals surface area contributed by atoms with Gasteiger partial charge in [0.2, 0.25) is 6.41 Å². The maximum absolute atomic E-state index is 10.9. The molecule has 1 aromatic carbocycles. The van der Waals surface area contributed by atoms with E-state index in [9.17, 15) is 14.4 Å². The molecule has 90 valence electrons. The molecule has 0 aliphatic rings. The van der Waals surface area contributed by atoms with E-state index >= 15 is 0 Å². The minimum atomic E-state index is -1.16. The lowest BCUT2D eigenvalue weighted by Gasteiger charge is -2.17. The van der Waals surface area contributed by atoms with Crippen molar-refractivity contribution >= 4 is 24.0 Å². The molecule has 0 atom stereocenters. The van der Waals surface area contributed by atoms with Gasteiger partial charge in [0.15, 0.2) is 5.75 Å². The van der Waals surface area contributed by atoms with E-state index < -0.39 is 18.5 Å². The lowest BCUT2D eigenvalue weighted by atomic mass is 10.2. The Balaban J connectivity index is 3.05. The zero-order chi connectivity index (χ0) is 12.8. The second-order valence-corrected chi connectivity index (χ2v) is 3.19. The lowest BCUT2D eigenvalue weighted by molar-refractivity contribution is -0.136. The highest BCUT2D eigenvalue weighted by Gasteiger charge is 2.15. The van der Waals surface area contributed by atoms with Gasteiger partial charge < -0.3 is 14.7 Å². The van der Waals surface area contributed by atoms with Gasteiger partial charge in [0.25, 0.3) is 0 Å². The first-order valence-corrected chi connectivity index (χ1v) is 4.75. The average Bonchev–Trinajstić information content (AvgIpc) is 2.26. The van der Waals surface area contributed by atoms with Crippen molar-refractivity contribution in [3.8, 4) is 5.75 Å². The molecule has 0 heterocycles. The van der Waals surface area contributed by atoms with Crippen molar-refractivity contribution in [2.75, 3.05) is 11.4 Å². The fraction of sp³-hybridized carbons (Fsp3) is 0.182. The van der Waals surface area contributed by atoms with E-state index in [2.05, 4.69) is 0 Å². The number of nitrogens with zero attached hydrogens (tertiary/aromatic N) is 1. The Labute approximate surface area is 97.4 Å². The second-order valence-electron chi connectivity index (χ2n) is 3.19. The molecule has 0 aliphatic heterocycles. The van der Waals surface area contributed by atoms with Crippen LogP contribution in [-0.2, 0) is 14.4 Å². The van der Waals surface area contributed by atoms with Gasteiger partial charge >= 0.3 is 11.9 Å². The van der Waals surface area contributed by atoms with E-state index in [0.717, 1.165) is 4.90 Å².